The number of methoxy groups -OCH3 is 1. The molecule has 0 bridgehead atoms. The molecule has 25 heavy (non-hydrogen) atoms. The summed E-state index contributed by atoms with van der Waals surface area (Å²) in [6, 6.07) is 0. The Labute approximate surface area is 155 Å². The molecule has 0 unspecified atom stereocenters. The fraction of sp³-hybridized carbons (Fsp3) is 0.562. The number of carbonyl (C=O) groups is 1. The first-order valence-corrected chi connectivity index (χ1v) is 10.0. The lowest BCUT2D eigenvalue weighted by atomic mass is 9.86. The van der Waals surface area contributed by atoms with Crippen molar-refractivity contribution in [3.05, 3.63) is 28.2 Å². The molecule has 0 spiro atoms. The summed E-state index contributed by atoms with van der Waals surface area (Å²) in [4.78, 5) is 23.9. The molecule has 1 amide bonds. The predicted octanol–water partition coefficient (Wildman–Crippen LogP) is 1.81. The molecule has 7 nitrogen and oxygen atoms in total. The summed E-state index contributed by atoms with van der Waals surface area (Å²) < 4.78 is 5.03. The number of anilines is 1. The summed E-state index contributed by atoms with van der Waals surface area (Å²) in [5, 5.41) is 12.2. The SMILES string of the molecule is COCCNC(=O)C1(Nc2nccs2)CCN(Cc2nccs2)CC1. The fourth-order valence-corrected chi connectivity index (χ4v) is 4.23. The highest BCUT2D eigenvalue weighted by Crippen LogP contribution is 2.29. The summed E-state index contributed by atoms with van der Waals surface area (Å²) >= 11 is 3.19. The van der Waals surface area contributed by atoms with Crippen molar-refractivity contribution < 1.29 is 9.53 Å². The minimum Gasteiger partial charge on any atom is -0.383 e. The number of nitrogens with zero attached hydrogens (tertiary/aromatic N) is 3. The van der Waals surface area contributed by atoms with Gasteiger partial charge in [-0.1, -0.05) is 0 Å². The van der Waals surface area contributed by atoms with Gasteiger partial charge in [-0.15, -0.1) is 22.7 Å². The first-order chi connectivity index (χ1) is 12.2. The molecule has 1 aliphatic rings. The van der Waals surface area contributed by atoms with Crippen LogP contribution in [0.2, 0.25) is 0 Å². The van der Waals surface area contributed by atoms with Crippen LogP contribution in [0.3, 0.4) is 0 Å². The van der Waals surface area contributed by atoms with E-state index in [1.807, 2.05) is 17.0 Å². The maximum atomic E-state index is 12.9. The normalized spacial score (nSPS) is 17.3. The van der Waals surface area contributed by atoms with Crippen molar-refractivity contribution >= 4 is 33.7 Å². The van der Waals surface area contributed by atoms with E-state index in [-0.39, 0.29) is 5.91 Å². The average molecular weight is 382 g/mol. The predicted molar refractivity (Wildman–Crippen MR) is 100.0 cm³/mol. The molecule has 136 valence electrons. The number of nitrogens with one attached hydrogen (secondary N) is 2. The molecule has 1 saturated heterocycles. The van der Waals surface area contributed by atoms with Gasteiger partial charge in [-0.25, -0.2) is 9.97 Å². The van der Waals surface area contributed by atoms with Crippen LogP contribution in [0.1, 0.15) is 17.8 Å². The van der Waals surface area contributed by atoms with Gasteiger partial charge in [-0.05, 0) is 12.8 Å². The van der Waals surface area contributed by atoms with Gasteiger partial charge in [0.1, 0.15) is 10.5 Å². The smallest absolute Gasteiger partial charge is 0.245 e. The first-order valence-electron chi connectivity index (χ1n) is 8.27. The number of likely N-dealkylation sites (tertiary alicyclic amines) is 1. The zero-order valence-corrected chi connectivity index (χ0v) is 15.9. The van der Waals surface area contributed by atoms with Crippen LogP contribution in [0.5, 0.6) is 0 Å². The molecule has 3 rings (SSSR count). The molecule has 2 N–H and O–H groups in total. The van der Waals surface area contributed by atoms with Crippen molar-refractivity contribution in [1.29, 1.82) is 0 Å². The van der Waals surface area contributed by atoms with Crippen LogP contribution in [-0.2, 0) is 16.1 Å². The number of ether oxygens (including phenoxy) is 1. The van der Waals surface area contributed by atoms with E-state index in [1.54, 1.807) is 24.6 Å². The highest BCUT2D eigenvalue weighted by atomic mass is 32.1. The molecule has 0 aliphatic carbocycles. The average Bonchev–Trinajstić information content (AvgIpc) is 3.31. The van der Waals surface area contributed by atoms with Gasteiger partial charge in [-0.3, -0.25) is 9.69 Å². The Morgan fingerprint density at radius 3 is 2.68 bits per heavy atom. The van der Waals surface area contributed by atoms with Crippen LogP contribution in [0.15, 0.2) is 23.2 Å². The van der Waals surface area contributed by atoms with Crippen LogP contribution < -0.4 is 10.6 Å². The molecule has 0 atom stereocenters. The highest BCUT2D eigenvalue weighted by Gasteiger charge is 2.41. The maximum Gasteiger partial charge on any atom is 0.245 e. The fourth-order valence-electron chi connectivity index (χ4n) is 2.95. The van der Waals surface area contributed by atoms with E-state index in [4.69, 9.17) is 4.74 Å². The van der Waals surface area contributed by atoms with Gasteiger partial charge in [0.15, 0.2) is 5.13 Å². The summed E-state index contributed by atoms with van der Waals surface area (Å²) in [5.74, 6) is 0.0219. The van der Waals surface area contributed by atoms with E-state index in [9.17, 15) is 4.79 Å². The zero-order chi connectivity index (χ0) is 17.5. The number of carbonyl (C=O) groups excluding carboxylic acids is 1. The van der Waals surface area contributed by atoms with Crippen LogP contribution in [0.4, 0.5) is 5.13 Å². The number of amides is 1. The Hall–Kier alpha value is -1.55. The van der Waals surface area contributed by atoms with E-state index >= 15 is 0 Å². The second-order valence-corrected chi connectivity index (χ2v) is 7.87. The topological polar surface area (TPSA) is 79.4 Å². The van der Waals surface area contributed by atoms with Crippen LogP contribution in [0.25, 0.3) is 0 Å². The lowest BCUT2D eigenvalue weighted by Crippen LogP contribution is -2.58. The Kier molecular flexibility index (Phi) is 6.35. The number of thiazole rings is 2. The van der Waals surface area contributed by atoms with Crippen molar-refractivity contribution in [3.8, 4) is 0 Å². The van der Waals surface area contributed by atoms with E-state index in [0.29, 0.717) is 13.2 Å². The standard InChI is InChI=1S/C16H23N5O2S2/c1-23-9-4-18-14(22)16(20-15-19-6-11-25-15)2-7-21(8-3-16)12-13-17-5-10-24-13/h5-6,10-11H,2-4,7-9,12H2,1H3,(H,18,22)(H,19,20). The summed E-state index contributed by atoms with van der Waals surface area (Å²) in [5.41, 5.74) is -0.620. The van der Waals surface area contributed by atoms with Crippen molar-refractivity contribution in [3.63, 3.8) is 0 Å². The molecule has 1 aliphatic heterocycles. The minimum atomic E-state index is -0.620. The van der Waals surface area contributed by atoms with E-state index in [2.05, 4.69) is 25.5 Å². The molecule has 2 aromatic rings. The second kappa shape index (κ2) is 8.70. The summed E-state index contributed by atoms with van der Waals surface area (Å²) in [7, 11) is 1.63. The van der Waals surface area contributed by atoms with E-state index in [1.165, 1.54) is 11.3 Å². The minimum absolute atomic E-state index is 0.0219. The Bertz CT molecular complexity index is 640. The maximum absolute atomic E-state index is 12.9. The van der Waals surface area contributed by atoms with Gasteiger partial charge >= 0.3 is 0 Å². The van der Waals surface area contributed by atoms with Gasteiger partial charge in [0.2, 0.25) is 5.91 Å². The van der Waals surface area contributed by atoms with Crippen molar-refractivity contribution in [2.75, 3.05) is 38.7 Å². The Balaban J connectivity index is 1.64. The largest absolute Gasteiger partial charge is 0.383 e. The van der Waals surface area contributed by atoms with Gasteiger partial charge in [0, 0.05) is 49.9 Å². The monoisotopic (exact) mass is 381 g/mol. The lowest BCUT2D eigenvalue weighted by Gasteiger charge is -2.40. The van der Waals surface area contributed by atoms with E-state index < -0.39 is 5.54 Å². The van der Waals surface area contributed by atoms with Gasteiger partial charge in [0.05, 0.1) is 13.2 Å². The Morgan fingerprint density at radius 1 is 1.28 bits per heavy atom. The van der Waals surface area contributed by atoms with Crippen molar-refractivity contribution in [1.82, 2.24) is 20.2 Å². The van der Waals surface area contributed by atoms with Crippen LogP contribution >= 0.6 is 22.7 Å². The van der Waals surface area contributed by atoms with Crippen molar-refractivity contribution in [2.45, 2.75) is 24.9 Å². The number of hydrogen-bond donors (Lipinski definition) is 2. The molecule has 0 radical (unpaired) electrons. The number of aromatic nitrogens is 2. The third-order valence-corrected chi connectivity index (χ3v) is 5.81. The molecule has 0 saturated carbocycles. The molecule has 1 fully saturated rings. The second-order valence-electron chi connectivity index (χ2n) is 6.00. The lowest BCUT2D eigenvalue weighted by molar-refractivity contribution is -0.127. The first kappa shape index (κ1) is 18.2. The molecule has 0 aromatic carbocycles. The molecular formula is C16H23N5O2S2. The molecule has 3 heterocycles. The molecular weight excluding hydrogens is 358 g/mol. The van der Waals surface area contributed by atoms with Gasteiger partial charge in [-0.2, -0.15) is 0 Å². The van der Waals surface area contributed by atoms with Gasteiger partial charge < -0.3 is 15.4 Å². The van der Waals surface area contributed by atoms with E-state index in [0.717, 1.165) is 42.6 Å². The molecule has 9 heteroatoms. The van der Waals surface area contributed by atoms with Gasteiger partial charge in [0.25, 0.3) is 0 Å². The zero-order valence-electron chi connectivity index (χ0n) is 14.2. The Morgan fingerprint density at radius 2 is 2.04 bits per heavy atom. The van der Waals surface area contributed by atoms with Crippen LogP contribution in [-0.4, -0.2) is 59.7 Å². The number of hydrogen-bond acceptors (Lipinski definition) is 8. The number of rotatable bonds is 8. The summed E-state index contributed by atoms with van der Waals surface area (Å²) in [6.45, 7) is 3.55. The number of piperidine rings is 1. The quantitative estimate of drug-likeness (QED) is 0.679. The van der Waals surface area contributed by atoms with Crippen molar-refractivity contribution in [2.24, 2.45) is 0 Å². The summed E-state index contributed by atoms with van der Waals surface area (Å²) in [6.07, 6.45) is 5.05. The van der Waals surface area contributed by atoms with Crippen LogP contribution in [0, 0.1) is 0 Å². The molecule has 2 aromatic heterocycles. The third-order valence-electron chi connectivity index (χ3n) is 4.36. The third kappa shape index (κ3) is 4.75. The highest BCUT2D eigenvalue weighted by molar-refractivity contribution is 7.13.